The summed E-state index contributed by atoms with van der Waals surface area (Å²) in [5, 5.41) is 0. The quantitative estimate of drug-likeness (QED) is 0.928. The lowest BCUT2D eigenvalue weighted by atomic mass is 10.1. The second kappa shape index (κ2) is 8.09. The van der Waals surface area contributed by atoms with Gasteiger partial charge in [-0.05, 0) is 18.1 Å². The first-order chi connectivity index (χ1) is 9.24. The van der Waals surface area contributed by atoms with Gasteiger partial charge in [-0.1, -0.05) is 24.3 Å². The van der Waals surface area contributed by atoms with Crippen LogP contribution in [-0.4, -0.2) is 37.3 Å². The van der Waals surface area contributed by atoms with Crippen LogP contribution in [0.2, 0.25) is 0 Å². The Morgan fingerprint density at radius 1 is 1.45 bits per heavy atom. The van der Waals surface area contributed by atoms with Crippen molar-refractivity contribution in [1.29, 1.82) is 0 Å². The van der Waals surface area contributed by atoms with Crippen molar-refractivity contribution in [2.24, 2.45) is 5.73 Å². The summed E-state index contributed by atoms with van der Waals surface area (Å²) in [4.78, 5) is 13.4. The molecule has 0 radical (unpaired) electrons. The number of rotatable bonds is 3. The largest absolute Gasteiger partial charge is 0.450 e. The molecule has 1 aromatic carbocycles. The van der Waals surface area contributed by atoms with Gasteiger partial charge in [0, 0.05) is 13.1 Å². The Balaban J connectivity index is 0.00000200. The molecule has 0 saturated carbocycles. The van der Waals surface area contributed by atoms with E-state index in [4.69, 9.17) is 15.2 Å². The predicted octanol–water partition coefficient (Wildman–Crippen LogP) is 2.10. The molecule has 1 amide bonds. The molecule has 1 aliphatic heterocycles. The number of hydrogen-bond acceptors (Lipinski definition) is 4. The van der Waals surface area contributed by atoms with Gasteiger partial charge < -0.3 is 20.1 Å². The third-order valence-electron chi connectivity index (χ3n) is 3.18. The number of hydrogen-bond donors (Lipinski definition) is 1. The van der Waals surface area contributed by atoms with Gasteiger partial charge in [0.1, 0.15) is 6.10 Å². The Morgan fingerprint density at radius 3 is 2.75 bits per heavy atom. The van der Waals surface area contributed by atoms with Crippen molar-refractivity contribution in [3.05, 3.63) is 35.4 Å². The molecule has 1 heterocycles. The van der Waals surface area contributed by atoms with E-state index in [0.717, 1.165) is 11.1 Å². The van der Waals surface area contributed by atoms with Crippen LogP contribution in [-0.2, 0) is 16.0 Å². The first-order valence-corrected chi connectivity index (χ1v) is 6.56. The van der Waals surface area contributed by atoms with Crippen LogP contribution >= 0.6 is 12.4 Å². The van der Waals surface area contributed by atoms with Crippen molar-refractivity contribution in [3.63, 3.8) is 0 Å². The van der Waals surface area contributed by atoms with Gasteiger partial charge in [0.05, 0.1) is 19.8 Å². The van der Waals surface area contributed by atoms with E-state index in [1.807, 2.05) is 24.3 Å². The molecule has 20 heavy (non-hydrogen) atoms. The number of nitrogens with two attached hydrogens (primary N) is 1. The lowest BCUT2D eigenvalue weighted by molar-refractivity contribution is -0.0279. The van der Waals surface area contributed by atoms with E-state index in [1.54, 1.807) is 11.8 Å². The molecule has 0 aromatic heterocycles. The van der Waals surface area contributed by atoms with Crippen LogP contribution in [0, 0.1) is 0 Å². The number of carbonyl (C=O) groups is 1. The number of carbonyl (C=O) groups excluding carboxylic acids is 1. The molecule has 5 nitrogen and oxygen atoms in total. The van der Waals surface area contributed by atoms with E-state index < -0.39 is 0 Å². The summed E-state index contributed by atoms with van der Waals surface area (Å²) in [6.07, 6.45) is -0.362. The summed E-state index contributed by atoms with van der Waals surface area (Å²) in [7, 11) is 0. The van der Waals surface area contributed by atoms with E-state index in [-0.39, 0.29) is 24.6 Å². The number of morpholine rings is 1. The SMILES string of the molecule is CCOC(=O)N1CCOC(c2ccc(CN)cc2)C1.Cl. The standard InChI is InChI=1S/C14H20N2O3.ClH/c1-2-18-14(17)16-7-8-19-13(10-16)12-5-3-11(9-15)4-6-12;/h3-6,13H,2,7-10,15H2,1H3;1H. The lowest BCUT2D eigenvalue weighted by Crippen LogP contribution is -2.42. The monoisotopic (exact) mass is 300 g/mol. The fourth-order valence-electron chi connectivity index (χ4n) is 2.10. The minimum atomic E-state index is -0.269. The minimum Gasteiger partial charge on any atom is -0.450 e. The maximum absolute atomic E-state index is 11.7. The maximum atomic E-state index is 11.7. The van der Waals surface area contributed by atoms with Crippen molar-refractivity contribution in [2.45, 2.75) is 19.6 Å². The Kier molecular flexibility index (Phi) is 6.78. The Labute approximate surface area is 125 Å². The van der Waals surface area contributed by atoms with Crippen molar-refractivity contribution in [1.82, 2.24) is 4.90 Å². The second-order valence-electron chi connectivity index (χ2n) is 4.45. The molecule has 1 unspecified atom stereocenters. The number of ether oxygens (including phenoxy) is 2. The smallest absolute Gasteiger partial charge is 0.409 e. The van der Waals surface area contributed by atoms with Gasteiger partial charge in [-0.3, -0.25) is 0 Å². The van der Waals surface area contributed by atoms with Crippen molar-refractivity contribution in [2.75, 3.05) is 26.3 Å². The summed E-state index contributed by atoms with van der Waals surface area (Å²) in [6.45, 7) is 4.37. The highest BCUT2D eigenvalue weighted by molar-refractivity contribution is 5.85. The molecule has 6 heteroatoms. The van der Waals surface area contributed by atoms with Gasteiger partial charge in [0.25, 0.3) is 0 Å². The normalized spacial score (nSPS) is 18.3. The van der Waals surface area contributed by atoms with Crippen molar-refractivity contribution >= 4 is 18.5 Å². The zero-order chi connectivity index (χ0) is 13.7. The lowest BCUT2D eigenvalue weighted by Gasteiger charge is -2.32. The fourth-order valence-corrected chi connectivity index (χ4v) is 2.10. The Bertz CT molecular complexity index is 425. The van der Waals surface area contributed by atoms with Gasteiger partial charge in [-0.2, -0.15) is 0 Å². The van der Waals surface area contributed by atoms with E-state index >= 15 is 0 Å². The first-order valence-electron chi connectivity index (χ1n) is 6.56. The molecule has 2 rings (SSSR count). The van der Waals surface area contributed by atoms with Crippen LogP contribution in [0.4, 0.5) is 4.79 Å². The zero-order valence-corrected chi connectivity index (χ0v) is 12.4. The highest BCUT2D eigenvalue weighted by Crippen LogP contribution is 2.23. The molecule has 1 saturated heterocycles. The van der Waals surface area contributed by atoms with E-state index in [9.17, 15) is 4.79 Å². The van der Waals surface area contributed by atoms with E-state index in [0.29, 0.717) is 32.8 Å². The van der Waals surface area contributed by atoms with Crippen LogP contribution in [0.3, 0.4) is 0 Å². The molecule has 1 aliphatic rings. The molecule has 0 aliphatic carbocycles. The third kappa shape index (κ3) is 4.10. The number of nitrogens with zero attached hydrogens (tertiary/aromatic N) is 1. The predicted molar refractivity (Wildman–Crippen MR) is 78.9 cm³/mol. The van der Waals surface area contributed by atoms with Gasteiger partial charge in [0.2, 0.25) is 0 Å². The molecule has 0 bridgehead atoms. The average molecular weight is 301 g/mol. The molecule has 1 fully saturated rings. The Hall–Kier alpha value is -1.30. The van der Waals surface area contributed by atoms with Crippen LogP contribution in [0.5, 0.6) is 0 Å². The van der Waals surface area contributed by atoms with Crippen molar-refractivity contribution in [3.8, 4) is 0 Å². The minimum absolute atomic E-state index is 0. The highest BCUT2D eigenvalue weighted by atomic mass is 35.5. The molecule has 112 valence electrons. The third-order valence-corrected chi connectivity index (χ3v) is 3.18. The summed E-state index contributed by atoms with van der Waals surface area (Å²) in [5.41, 5.74) is 7.72. The second-order valence-corrected chi connectivity index (χ2v) is 4.45. The number of benzene rings is 1. The van der Waals surface area contributed by atoms with E-state index in [1.165, 1.54) is 0 Å². The summed E-state index contributed by atoms with van der Waals surface area (Å²) in [5.74, 6) is 0. The number of amides is 1. The molecule has 1 atom stereocenters. The fraction of sp³-hybridized carbons (Fsp3) is 0.500. The summed E-state index contributed by atoms with van der Waals surface area (Å²) in [6, 6.07) is 7.98. The molecular formula is C14H21ClN2O3. The Morgan fingerprint density at radius 2 is 2.15 bits per heavy atom. The highest BCUT2D eigenvalue weighted by Gasteiger charge is 2.25. The summed E-state index contributed by atoms with van der Waals surface area (Å²) < 4.78 is 10.7. The average Bonchev–Trinajstić information content (AvgIpc) is 2.48. The number of halogens is 1. The summed E-state index contributed by atoms with van der Waals surface area (Å²) >= 11 is 0. The van der Waals surface area contributed by atoms with Gasteiger partial charge in [0.15, 0.2) is 0 Å². The topological polar surface area (TPSA) is 64.8 Å². The first kappa shape index (κ1) is 16.8. The van der Waals surface area contributed by atoms with Crippen LogP contribution in [0.1, 0.15) is 24.2 Å². The van der Waals surface area contributed by atoms with Gasteiger partial charge >= 0.3 is 6.09 Å². The van der Waals surface area contributed by atoms with Crippen LogP contribution < -0.4 is 5.73 Å². The molecule has 0 spiro atoms. The zero-order valence-electron chi connectivity index (χ0n) is 11.6. The molecular weight excluding hydrogens is 280 g/mol. The van der Waals surface area contributed by atoms with Gasteiger partial charge in [-0.25, -0.2) is 4.79 Å². The van der Waals surface area contributed by atoms with Crippen LogP contribution in [0.15, 0.2) is 24.3 Å². The van der Waals surface area contributed by atoms with Gasteiger partial charge in [-0.15, -0.1) is 12.4 Å². The maximum Gasteiger partial charge on any atom is 0.409 e. The van der Waals surface area contributed by atoms with Crippen molar-refractivity contribution < 1.29 is 14.3 Å². The molecule has 2 N–H and O–H groups in total. The van der Waals surface area contributed by atoms with Crippen LogP contribution in [0.25, 0.3) is 0 Å². The molecule has 1 aromatic rings. The van der Waals surface area contributed by atoms with E-state index in [2.05, 4.69) is 0 Å².